The smallest absolute Gasteiger partial charge is 0.231 e. The van der Waals surface area contributed by atoms with Crippen molar-refractivity contribution in [3.05, 3.63) is 34.9 Å². The number of halogens is 1. The summed E-state index contributed by atoms with van der Waals surface area (Å²) in [5.41, 5.74) is 1.05. The van der Waals surface area contributed by atoms with E-state index in [-0.39, 0.29) is 5.91 Å². The highest BCUT2D eigenvalue weighted by atomic mass is 35.5. The van der Waals surface area contributed by atoms with Gasteiger partial charge in [-0.25, -0.2) is 0 Å². The Morgan fingerprint density at radius 1 is 1.26 bits per heavy atom. The molecule has 0 aliphatic heterocycles. The van der Waals surface area contributed by atoms with Gasteiger partial charge in [0.05, 0.1) is 0 Å². The zero-order chi connectivity index (χ0) is 19.6. The maximum absolute atomic E-state index is 12.2. The number of nitrogens with one attached hydrogen (secondary N) is 1. The Morgan fingerprint density at radius 2 is 2.04 bits per heavy atom. The predicted octanol–water partition coefficient (Wildman–Crippen LogP) is 4.30. The lowest BCUT2D eigenvalue weighted by Crippen LogP contribution is -2.26. The molecule has 0 bridgehead atoms. The van der Waals surface area contributed by atoms with Crippen LogP contribution in [-0.2, 0) is 17.1 Å². The van der Waals surface area contributed by atoms with Crippen LogP contribution in [-0.4, -0.2) is 45.7 Å². The highest BCUT2D eigenvalue weighted by molar-refractivity contribution is 7.98. The molecule has 0 spiro atoms. The summed E-state index contributed by atoms with van der Waals surface area (Å²) in [6, 6.07) is 7.76. The molecule has 148 valence electrons. The topological polar surface area (TPSA) is 63.1 Å². The van der Waals surface area contributed by atoms with E-state index < -0.39 is 0 Å². The molecule has 6 nitrogen and oxygen atoms in total. The molecule has 1 heterocycles. The monoisotopic (exact) mass is 409 g/mol. The lowest BCUT2D eigenvalue weighted by molar-refractivity contribution is -0.116. The van der Waals surface area contributed by atoms with Crippen LogP contribution in [0.2, 0.25) is 5.02 Å². The molecule has 1 aromatic heterocycles. The van der Waals surface area contributed by atoms with Crippen LogP contribution in [0.15, 0.2) is 29.4 Å². The van der Waals surface area contributed by atoms with E-state index in [1.165, 1.54) is 0 Å². The molecular formula is C19H28ClN5OS. The average molecular weight is 410 g/mol. The van der Waals surface area contributed by atoms with Gasteiger partial charge in [-0.1, -0.05) is 54.9 Å². The molecule has 27 heavy (non-hydrogen) atoms. The number of hydrogen-bond donors (Lipinski definition) is 1. The van der Waals surface area contributed by atoms with Gasteiger partial charge in [-0.2, -0.15) is 0 Å². The molecule has 0 fully saturated rings. The van der Waals surface area contributed by atoms with Crippen LogP contribution >= 0.6 is 23.4 Å². The SMILES string of the molecule is CCCCN(C)CCC(=O)Nc1nnc(SCc2ccccc2Cl)n1CC. The fourth-order valence-electron chi connectivity index (χ4n) is 2.55. The molecule has 0 radical (unpaired) electrons. The number of carbonyl (C=O) groups excluding carboxylic acids is 1. The first-order valence-electron chi connectivity index (χ1n) is 9.32. The van der Waals surface area contributed by atoms with Crippen LogP contribution in [0, 0.1) is 0 Å². The molecule has 1 aromatic carbocycles. The average Bonchev–Trinajstić information content (AvgIpc) is 3.05. The molecule has 0 atom stereocenters. The van der Waals surface area contributed by atoms with Gasteiger partial charge in [-0.3, -0.25) is 14.7 Å². The molecule has 0 aliphatic carbocycles. The summed E-state index contributed by atoms with van der Waals surface area (Å²) in [5.74, 6) is 1.16. The van der Waals surface area contributed by atoms with E-state index in [0.29, 0.717) is 24.7 Å². The van der Waals surface area contributed by atoms with E-state index in [0.717, 1.165) is 41.7 Å². The summed E-state index contributed by atoms with van der Waals surface area (Å²) in [7, 11) is 2.04. The van der Waals surface area contributed by atoms with Crippen molar-refractivity contribution in [1.29, 1.82) is 0 Å². The first kappa shape index (κ1) is 21.7. The second kappa shape index (κ2) is 11.3. The van der Waals surface area contributed by atoms with Crippen molar-refractivity contribution in [1.82, 2.24) is 19.7 Å². The first-order chi connectivity index (χ1) is 13.0. The van der Waals surface area contributed by atoms with Crippen LogP contribution in [0.3, 0.4) is 0 Å². The third-order valence-electron chi connectivity index (χ3n) is 4.21. The number of amides is 1. The number of carbonyl (C=O) groups is 1. The number of anilines is 1. The highest BCUT2D eigenvalue weighted by Crippen LogP contribution is 2.26. The summed E-state index contributed by atoms with van der Waals surface area (Å²) >= 11 is 7.77. The number of nitrogens with zero attached hydrogens (tertiary/aromatic N) is 4. The molecule has 0 saturated carbocycles. The molecule has 1 amide bonds. The molecule has 2 rings (SSSR count). The maximum atomic E-state index is 12.2. The summed E-state index contributed by atoms with van der Waals surface area (Å²) in [6.45, 7) is 6.61. The van der Waals surface area contributed by atoms with Crippen molar-refractivity contribution in [2.75, 3.05) is 25.5 Å². The maximum Gasteiger partial charge on any atom is 0.231 e. The fraction of sp³-hybridized carbons (Fsp3) is 0.526. The summed E-state index contributed by atoms with van der Waals surface area (Å²) in [5, 5.41) is 12.8. The van der Waals surface area contributed by atoms with Gasteiger partial charge >= 0.3 is 0 Å². The van der Waals surface area contributed by atoms with Gasteiger partial charge in [0.25, 0.3) is 0 Å². The standard InChI is InChI=1S/C19H28ClN5OS/c1-4-6-12-24(3)13-11-17(26)21-18-22-23-19(25(18)5-2)27-14-15-9-7-8-10-16(15)20/h7-10H,4-6,11-14H2,1-3H3,(H,21,22,26). The minimum atomic E-state index is -0.0388. The number of aromatic nitrogens is 3. The quantitative estimate of drug-likeness (QED) is 0.560. The van der Waals surface area contributed by atoms with Crippen LogP contribution in [0.1, 0.15) is 38.7 Å². The Balaban J connectivity index is 1.90. The zero-order valence-corrected chi connectivity index (χ0v) is 17.8. The van der Waals surface area contributed by atoms with Gasteiger partial charge in [-0.15, -0.1) is 10.2 Å². The summed E-state index contributed by atoms with van der Waals surface area (Å²) in [4.78, 5) is 14.4. The molecular weight excluding hydrogens is 382 g/mol. The van der Waals surface area contributed by atoms with Crippen molar-refractivity contribution < 1.29 is 4.79 Å². The number of unbranched alkanes of at least 4 members (excludes halogenated alkanes) is 1. The van der Waals surface area contributed by atoms with Crippen molar-refractivity contribution in [3.63, 3.8) is 0 Å². The van der Waals surface area contributed by atoms with Crippen LogP contribution < -0.4 is 5.32 Å². The fourth-order valence-corrected chi connectivity index (χ4v) is 3.84. The third-order valence-corrected chi connectivity index (χ3v) is 5.60. The zero-order valence-electron chi connectivity index (χ0n) is 16.2. The van der Waals surface area contributed by atoms with Crippen molar-refractivity contribution in [3.8, 4) is 0 Å². The van der Waals surface area contributed by atoms with Gasteiger partial charge < -0.3 is 4.90 Å². The summed E-state index contributed by atoms with van der Waals surface area (Å²) < 4.78 is 1.92. The summed E-state index contributed by atoms with van der Waals surface area (Å²) in [6.07, 6.45) is 2.75. The van der Waals surface area contributed by atoms with Gasteiger partial charge in [0.1, 0.15) is 0 Å². The normalized spacial score (nSPS) is 11.1. The minimum Gasteiger partial charge on any atom is -0.306 e. The van der Waals surface area contributed by atoms with Crippen molar-refractivity contribution in [2.45, 2.75) is 50.6 Å². The van der Waals surface area contributed by atoms with E-state index >= 15 is 0 Å². The van der Waals surface area contributed by atoms with E-state index in [1.54, 1.807) is 11.8 Å². The van der Waals surface area contributed by atoms with Crippen LogP contribution in [0.5, 0.6) is 0 Å². The molecule has 2 aromatic rings. The largest absolute Gasteiger partial charge is 0.306 e. The number of benzene rings is 1. The Kier molecular flexibility index (Phi) is 9.10. The van der Waals surface area contributed by atoms with Crippen molar-refractivity contribution >= 4 is 35.2 Å². The Hall–Kier alpha value is -1.57. The van der Waals surface area contributed by atoms with Gasteiger partial charge in [0.15, 0.2) is 5.16 Å². The first-order valence-corrected chi connectivity index (χ1v) is 10.7. The minimum absolute atomic E-state index is 0.0388. The van der Waals surface area contributed by atoms with E-state index in [1.807, 2.05) is 42.8 Å². The third kappa shape index (κ3) is 6.83. The van der Waals surface area contributed by atoms with E-state index in [2.05, 4.69) is 27.3 Å². The van der Waals surface area contributed by atoms with Crippen LogP contribution in [0.25, 0.3) is 0 Å². The number of thioether (sulfide) groups is 1. The highest BCUT2D eigenvalue weighted by Gasteiger charge is 2.14. The Labute approximate surface area is 170 Å². The Bertz CT molecular complexity index is 737. The second-order valence-corrected chi connectivity index (χ2v) is 7.74. The van der Waals surface area contributed by atoms with Gasteiger partial charge in [0, 0.05) is 30.3 Å². The molecule has 0 unspecified atom stereocenters. The van der Waals surface area contributed by atoms with E-state index in [9.17, 15) is 4.79 Å². The second-order valence-electron chi connectivity index (χ2n) is 6.39. The molecule has 0 aliphatic rings. The molecule has 8 heteroatoms. The van der Waals surface area contributed by atoms with Gasteiger partial charge in [0.2, 0.25) is 11.9 Å². The lowest BCUT2D eigenvalue weighted by atomic mass is 10.2. The van der Waals surface area contributed by atoms with Gasteiger partial charge in [-0.05, 0) is 38.6 Å². The molecule has 1 N–H and O–H groups in total. The lowest BCUT2D eigenvalue weighted by Gasteiger charge is -2.15. The van der Waals surface area contributed by atoms with E-state index in [4.69, 9.17) is 11.6 Å². The predicted molar refractivity (Wildman–Crippen MR) is 112 cm³/mol. The Morgan fingerprint density at radius 3 is 2.74 bits per heavy atom. The number of rotatable bonds is 11. The molecule has 0 saturated heterocycles. The number of hydrogen-bond acceptors (Lipinski definition) is 5. The van der Waals surface area contributed by atoms with Crippen molar-refractivity contribution in [2.24, 2.45) is 0 Å². The van der Waals surface area contributed by atoms with Crippen LogP contribution in [0.4, 0.5) is 5.95 Å².